The zero-order valence-electron chi connectivity index (χ0n) is 12.7. The van der Waals surface area contributed by atoms with Crippen molar-refractivity contribution >= 4 is 23.2 Å². The summed E-state index contributed by atoms with van der Waals surface area (Å²) >= 11 is 13.0. The van der Waals surface area contributed by atoms with Gasteiger partial charge in [-0.2, -0.15) is 0 Å². The van der Waals surface area contributed by atoms with E-state index in [9.17, 15) is 0 Å². The van der Waals surface area contributed by atoms with E-state index in [4.69, 9.17) is 23.2 Å². The predicted octanol–water partition coefficient (Wildman–Crippen LogP) is 5.58. The summed E-state index contributed by atoms with van der Waals surface area (Å²) in [6, 6.07) is 5.87. The van der Waals surface area contributed by atoms with Gasteiger partial charge in [-0.1, -0.05) is 48.5 Å². The molecule has 112 valence electrons. The van der Waals surface area contributed by atoms with E-state index in [1.54, 1.807) is 0 Å². The summed E-state index contributed by atoms with van der Waals surface area (Å²) in [6.45, 7) is 7.56. The van der Waals surface area contributed by atoms with Crippen LogP contribution in [-0.4, -0.2) is 12.1 Å². The Morgan fingerprint density at radius 1 is 1.05 bits per heavy atom. The van der Waals surface area contributed by atoms with Gasteiger partial charge in [0.25, 0.3) is 0 Å². The predicted molar refractivity (Wildman–Crippen MR) is 89.0 cm³/mol. The van der Waals surface area contributed by atoms with Crippen molar-refractivity contribution < 1.29 is 0 Å². The molecule has 1 aromatic rings. The highest BCUT2D eigenvalue weighted by Crippen LogP contribution is 2.45. The molecule has 0 heterocycles. The number of benzene rings is 1. The molecule has 0 amide bonds. The van der Waals surface area contributed by atoms with Gasteiger partial charge < -0.3 is 5.32 Å². The number of halogens is 2. The molecule has 20 heavy (non-hydrogen) atoms. The number of hydrogen-bond donors (Lipinski definition) is 1. The molecule has 0 spiro atoms. The molecule has 1 aliphatic carbocycles. The topological polar surface area (TPSA) is 12.0 Å². The Morgan fingerprint density at radius 2 is 1.60 bits per heavy atom. The van der Waals surface area contributed by atoms with Gasteiger partial charge in [0.05, 0.1) is 0 Å². The van der Waals surface area contributed by atoms with Crippen LogP contribution in [0.1, 0.15) is 58.4 Å². The van der Waals surface area contributed by atoms with Crippen molar-refractivity contribution in [2.24, 2.45) is 0 Å². The molecule has 3 heteroatoms. The lowest BCUT2D eigenvalue weighted by Crippen LogP contribution is -2.47. The molecular weight excluding hydrogens is 289 g/mol. The Bertz CT molecular complexity index is 436. The van der Waals surface area contributed by atoms with Crippen LogP contribution in [0.4, 0.5) is 0 Å². The van der Waals surface area contributed by atoms with E-state index in [0.29, 0.717) is 0 Å². The highest BCUT2D eigenvalue weighted by molar-refractivity contribution is 6.36. The molecule has 0 aromatic heterocycles. The molecule has 0 unspecified atom stereocenters. The Kier molecular flexibility index (Phi) is 5.05. The molecule has 0 radical (unpaired) electrons. The van der Waals surface area contributed by atoms with Crippen LogP contribution in [0.5, 0.6) is 0 Å². The van der Waals surface area contributed by atoms with Crippen LogP contribution in [-0.2, 0) is 5.41 Å². The average molecular weight is 314 g/mol. The van der Waals surface area contributed by atoms with Crippen molar-refractivity contribution in [3.8, 4) is 0 Å². The smallest absolute Gasteiger partial charge is 0.0459 e. The van der Waals surface area contributed by atoms with E-state index >= 15 is 0 Å². The normalized spacial score (nSPS) is 19.1. The SMILES string of the molecule is CC(C)(C)NCC1(c2c(Cl)cccc2Cl)CCCCC1. The first-order chi connectivity index (χ1) is 9.34. The third-order valence-corrected chi connectivity index (χ3v) is 4.89. The van der Waals surface area contributed by atoms with Gasteiger partial charge in [-0.25, -0.2) is 0 Å². The fourth-order valence-corrected chi connectivity index (χ4v) is 3.98. The zero-order valence-corrected chi connectivity index (χ0v) is 14.2. The van der Waals surface area contributed by atoms with Crippen molar-refractivity contribution in [2.45, 2.75) is 63.8 Å². The summed E-state index contributed by atoms with van der Waals surface area (Å²) < 4.78 is 0. The van der Waals surface area contributed by atoms with Crippen molar-refractivity contribution in [1.82, 2.24) is 5.32 Å². The Morgan fingerprint density at radius 3 is 2.10 bits per heavy atom. The second-order valence-corrected chi connectivity index (χ2v) is 7.86. The van der Waals surface area contributed by atoms with E-state index in [0.717, 1.165) is 22.2 Å². The van der Waals surface area contributed by atoms with Gasteiger partial charge in [-0.3, -0.25) is 0 Å². The molecule has 1 fully saturated rings. The van der Waals surface area contributed by atoms with Gasteiger partial charge in [0.2, 0.25) is 0 Å². The molecule has 1 aromatic carbocycles. The van der Waals surface area contributed by atoms with E-state index in [2.05, 4.69) is 26.1 Å². The summed E-state index contributed by atoms with van der Waals surface area (Å²) in [5.41, 5.74) is 1.35. The molecule has 0 saturated heterocycles. The molecule has 0 aliphatic heterocycles. The first-order valence-electron chi connectivity index (χ1n) is 7.54. The maximum Gasteiger partial charge on any atom is 0.0459 e. The van der Waals surface area contributed by atoms with E-state index in [1.165, 1.54) is 32.1 Å². The average Bonchev–Trinajstić information content (AvgIpc) is 2.37. The largest absolute Gasteiger partial charge is 0.311 e. The minimum Gasteiger partial charge on any atom is -0.311 e. The van der Waals surface area contributed by atoms with Crippen LogP contribution in [0, 0.1) is 0 Å². The minimum atomic E-state index is 0.0843. The lowest BCUT2D eigenvalue weighted by molar-refractivity contribution is 0.254. The summed E-state index contributed by atoms with van der Waals surface area (Å²) in [7, 11) is 0. The molecular formula is C17H25Cl2N. The van der Waals surface area contributed by atoms with Gasteiger partial charge in [-0.15, -0.1) is 0 Å². The zero-order chi connectivity index (χ0) is 14.8. The maximum absolute atomic E-state index is 6.49. The molecule has 1 N–H and O–H groups in total. The Hall–Kier alpha value is -0.240. The van der Waals surface area contributed by atoms with E-state index < -0.39 is 0 Å². The van der Waals surface area contributed by atoms with Gasteiger partial charge in [0, 0.05) is 27.5 Å². The van der Waals surface area contributed by atoms with Crippen molar-refractivity contribution in [3.05, 3.63) is 33.8 Å². The molecule has 1 saturated carbocycles. The standard InChI is InChI=1S/C17H25Cl2N/c1-16(2,3)20-12-17(10-5-4-6-11-17)15-13(18)8-7-9-14(15)19/h7-9,20H,4-6,10-12H2,1-3H3. The fraction of sp³-hybridized carbons (Fsp3) is 0.647. The van der Waals surface area contributed by atoms with Gasteiger partial charge in [0.15, 0.2) is 0 Å². The highest BCUT2D eigenvalue weighted by atomic mass is 35.5. The van der Waals surface area contributed by atoms with Gasteiger partial charge in [-0.05, 0) is 51.3 Å². The lowest BCUT2D eigenvalue weighted by atomic mass is 9.69. The van der Waals surface area contributed by atoms with Crippen LogP contribution in [0.2, 0.25) is 10.0 Å². The van der Waals surface area contributed by atoms with E-state index in [1.807, 2.05) is 18.2 Å². The fourth-order valence-electron chi connectivity index (χ4n) is 3.18. The van der Waals surface area contributed by atoms with Crippen LogP contribution < -0.4 is 5.32 Å². The highest BCUT2D eigenvalue weighted by Gasteiger charge is 2.37. The van der Waals surface area contributed by atoms with Gasteiger partial charge >= 0.3 is 0 Å². The van der Waals surface area contributed by atoms with Gasteiger partial charge in [0.1, 0.15) is 0 Å². The minimum absolute atomic E-state index is 0.0843. The first-order valence-corrected chi connectivity index (χ1v) is 8.29. The van der Waals surface area contributed by atoms with E-state index in [-0.39, 0.29) is 11.0 Å². The Balaban J connectivity index is 2.36. The van der Waals surface area contributed by atoms with Crippen molar-refractivity contribution in [1.29, 1.82) is 0 Å². The summed E-state index contributed by atoms with van der Waals surface area (Å²) in [6.07, 6.45) is 6.17. The second kappa shape index (κ2) is 6.25. The van der Waals surface area contributed by atoms with Crippen LogP contribution >= 0.6 is 23.2 Å². The molecule has 1 aliphatic rings. The Labute approximate surface area is 133 Å². The molecule has 0 atom stereocenters. The lowest BCUT2D eigenvalue weighted by Gasteiger charge is -2.41. The third kappa shape index (κ3) is 3.69. The van der Waals surface area contributed by atoms with Crippen LogP contribution in [0.25, 0.3) is 0 Å². The molecule has 1 nitrogen and oxygen atoms in total. The molecule has 0 bridgehead atoms. The summed E-state index contributed by atoms with van der Waals surface area (Å²) in [5, 5.41) is 5.30. The first kappa shape index (κ1) is 16.1. The third-order valence-electron chi connectivity index (χ3n) is 4.26. The number of nitrogens with one attached hydrogen (secondary N) is 1. The second-order valence-electron chi connectivity index (χ2n) is 7.04. The van der Waals surface area contributed by atoms with Crippen molar-refractivity contribution in [3.63, 3.8) is 0 Å². The summed E-state index contributed by atoms with van der Waals surface area (Å²) in [5.74, 6) is 0. The number of hydrogen-bond acceptors (Lipinski definition) is 1. The summed E-state index contributed by atoms with van der Waals surface area (Å²) in [4.78, 5) is 0. The van der Waals surface area contributed by atoms with Crippen molar-refractivity contribution in [2.75, 3.05) is 6.54 Å². The maximum atomic E-state index is 6.49. The van der Waals surface area contributed by atoms with Crippen LogP contribution in [0.15, 0.2) is 18.2 Å². The van der Waals surface area contributed by atoms with Crippen LogP contribution in [0.3, 0.4) is 0 Å². The molecule has 2 rings (SSSR count). The quantitative estimate of drug-likeness (QED) is 0.767. The monoisotopic (exact) mass is 313 g/mol. The number of rotatable bonds is 3.